The Bertz CT molecular complexity index is 644. The predicted octanol–water partition coefficient (Wildman–Crippen LogP) is 2.44. The molecule has 0 bridgehead atoms. The van der Waals surface area contributed by atoms with E-state index in [1.54, 1.807) is 25.2 Å². The van der Waals surface area contributed by atoms with Crippen molar-refractivity contribution in [2.45, 2.75) is 18.9 Å². The van der Waals surface area contributed by atoms with Gasteiger partial charge in [0.1, 0.15) is 0 Å². The van der Waals surface area contributed by atoms with E-state index in [4.69, 9.17) is 23.2 Å². The maximum absolute atomic E-state index is 12.1. The smallest absolute Gasteiger partial charge is 0.224 e. The number of nitrogens with zero attached hydrogens (tertiary/aromatic N) is 1. The fourth-order valence-corrected chi connectivity index (χ4v) is 4.73. The third kappa shape index (κ3) is 4.27. The van der Waals surface area contributed by atoms with Crippen LogP contribution in [0.15, 0.2) is 18.2 Å². The molecule has 1 heterocycles. The molecule has 1 unspecified atom stereocenters. The average Bonchev–Trinajstić information content (AvgIpc) is 2.81. The second-order valence-electron chi connectivity index (χ2n) is 5.33. The first kappa shape index (κ1) is 17.4. The summed E-state index contributed by atoms with van der Waals surface area (Å²) in [6.45, 7) is 0.381. The van der Waals surface area contributed by atoms with Crippen molar-refractivity contribution in [3.8, 4) is 0 Å². The number of amides is 1. The Balaban J connectivity index is 1.85. The zero-order valence-electron chi connectivity index (χ0n) is 12.2. The number of halogens is 2. The molecule has 0 aromatic heterocycles. The van der Waals surface area contributed by atoms with E-state index >= 15 is 0 Å². The van der Waals surface area contributed by atoms with Gasteiger partial charge in [0, 0.05) is 26.1 Å². The molecule has 0 saturated carbocycles. The Kier molecular flexibility index (Phi) is 5.58. The lowest BCUT2D eigenvalue weighted by Gasteiger charge is -2.23. The summed E-state index contributed by atoms with van der Waals surface area (Å²) in [6, 6.07) is 4.96. The number of carbonyl (C=O) groups is 1. The maximum atomic E-state index is 12.1. The highest BCUT2D eigenvalue weighted by Gasteiger charge is 2.32. The molecule has 0 aliphatic carbocycles. The number of benzene rings is 1. The molecule has 22 heavy (non-hydrogen) atoms. The van der Waals surface area contributed by atoms with Crippen LogP contribution < -0.4 is 5.32 Å². The van der Waals surface area contributed by atoms with E-state index in [0.717, 1.165) is 0 Å². The summed E-state index contributed by atoms with van der Waals surface area (Å²) in [5.41, 5.74) is 0.602. The van der Waals surface area contributed by atoms with Crippen molar-refractivity contribution in [3.63, 3.8) is 0 Å². The SMILES string of the molecule is CN(C(=O)CCNc1c(Cl)cccc1Cl)C1CCS(=O)(=O)C1. The number of rotatable bonds is 5. The van der Waals surface area contributed by atoms with Crippen molar-refractivity contribution in [2.24, 2.45) is 0 Å². The Hall–Kier alpha value is -0.980. The highest BCUT2D eigenvalue weighted by molar-refractivity contribution is 7.91. The molecule has 1 aliphatic rings. The molecular weight excluding hydrogens is 347 g/mol. The first-order valence-corrected chi connectivity index (χ1v) is 9.52. The maximum Gasteiger partial charge on any atom is 0.224 e. The van der Waals surface area contributed by atoms with Crippen LogP contribution in [0.1, 0.15) is 12.8 Å². The van der Waals surface area contributed by atoms with Crippen LogP contribution in [0.25, 0.3) is 0 Å². The quantitative estimate of drug-likeness (QED) is 0.871. The molecule has 1 aromatic carbocycles. The third-order valence-electron chi connectivity index (χ3n) is 3.75. The molecule has 1 saturated heterocycles. The van der Waals surface area contributed by atoms with Gasteiger partial charge in [-0.05, 0) is 18.6 Å². The van der Waals surface area contributed by atoms with E-state index in [-0.39, 0.29) is 29.9 Å². The minimum Gasteiger partial charge on any atom is -0.382 e. The largest absolute Gasteiger partial charge is 0.382 e. The monoisotopic (exact) mass is 364 g/mol. The number of hydrogen-bond acceptors (Lipinski definition) is 4. The standard InChI is InChI=1S/C14H18Cl2N2O3S/c1-18(10-6-8-22(20,21)9-10)13(19)5-7-17-14-11(15)3-2-4-12(14)16/h2-4,10,17H,5-9H2,1H3. The van der Waals surface area contributed by atoms with Crippen LogP contribution in [0.4, 0.5) is 5.69 Å². The Labute approximate surface area is 140 Å². The van der Waals surface area contributed by atoms with Crippen molar-refractivity contribution >= 4 is 44.6 Å². The van der Waals surface area contributed by atoms with Crippen molar-refractivity contribution in [2.75, 3.05) is 30.4 Å². The molecule has 1 atom stereocenters. The number of carbonyl (C=O) groups excluding carboxylic acids is 1. The van der Waals surface area contributed by atoms with Gasteiger partial charge in [-0.1, -0.05) is 29.3 Å². The number of sulfone groups is 1. The molecule has 8 heteroatoms. The summed E-state index contributed by atoms with van der Waals surface area (Å²) in [7, 11) is -1.34. The molecule has 5 nitrogen and oxygen atoms in total. The van der Waals surface area contributed by atoms with Gasteiger partial charge in [0.2, 0.25) is 5.91 Å². The molecule has 0 spiro atoms. The highest BCUT2D eigenvalue weighted by atomic mass is 35.5. The normalized spacial score (nSPS) is 19.9. The summed E-state index contributed by atoms with van der Waals surface area (Å²) in [5.74, 6) is 0.111. The molecule has 1 aliphatic heterocycles. The lowest BCUT2D eigenvalue weighted by molar-refractivity contribution is -0.131. The van der Waals surface area contributed by atoms with Gasteiger partial charge in [-0.25, -0.2) is 8.42 Å². The number of anilines is 1. The minimum atomic E-state index is -2.99. The van der Waals surface area contributed by atoms with Crippen LogP contribution in [0.3, 0.4) is 0 Å². The zero-order valence-corrected chi connectivity index (χ0v) is 14.5. The summed E-state index contributed by atoms with van der Waals surface area (Å²) in [6.07, 6.45) is 0.753. The van der Waals surface area contributed by atoms with Gasteiger partial charge in [0.25, 0.3) is 0 Å². The summed E-state index contributed by atoms with van der Waals surface area (Å²) in [5, 5.41) is 4.04. The Morgan fingerprint density at radius 1 is 1.36 bits per heavy atom. The van der Waals surface area contributed by atoms with Crippen molar-refractivity contribution < 1.29 is 13.2 Å². The van der Waals surface area contributed by atoms with Gasteiger partial charge >= 0.3 is 0 Å². The van der Waals surface area contributed by atoms with Gasteiger partial charge in [0.05, 0.1) is 27.2 Å². The van der Waals surface area contributed by atoms with Gasteiger partial charge in [-0.15, -0.1) is 0 Å². The molecule has 1 N–H and O–H groups in total. The van der Waals surface area contributed by atoms with Gasteiger partial charge < -0.3 is 10.2 Å². The molecule has 1 amide bonds. The summed E-state index contributed by atoms with van der Waals surface area (Å²) >= 11 is 12.1. The number of para-hydroxylation sites is 1. The van der Waals surface area contributed by atoms with Crippen LogP contribution in [0.5, 0.6) is 0 Å². The predicted molar refractivity (Wildman–Crippen MR) is 89.4 cm³/mol. The summed E-state index contributed by atoms with van der Waals surface area (Å²) in [4.78, 5) is 13.7. The van der Waals surface area contributed by atoms with Gasteiger partial charge in [-0.2, -0.15) is 0 Å². The van der Waals surface area contributed by atoms with Gasteiger partial charge in [-0.3, -0.25) is 4.79 Å². The lowest BCUT2D eigenvalue weighted by Crippen LogP contribution is -2.38. The number of nitrogens with one attached hydrogen (secondary N) is 1. The molecule has 122 valence electrons. The fraction of sp³-hybridized carbons (Fsp3) is 0.500. The van der Waals surface area contributed by atoms with E-state index in [9.17, 15) is 13.2 Å². The van der Waals surface area contributed by atoms with Crippen LogP contribution >= 0.6 is 23.2 Å². The Morgan fingerprint density at radius 3 is 2.55 bits per heavy atom. The first-order chi connectivity index (χ1) is 10.3. The third-order valence-corrected chi connectivity index (χ3v) is 6.13. The zero-order chi connectivity index (χ0) is 16.3. The molecule has 0 radical (unpaired) electrons. The van der Waals surface area contributed by atoms with Crippen LogP contribution in [-0.4, -0.2) is 50.4 Å². The highest BCUT2D eigenvalue weighted by Crippen LogP contribution is 2.29. The second kappa shape index (κ2) is 7.06. The fourth-order valence-electron chi connectivity index (χ4n) is 2.42. The second-order valence-corrected chi connectivity index (χ2v) is 8.38. The molecule has 1 aromatic rings. The lowest BCUT2D eigenvalue weighted by atomic mass is 10.2. The molecule has 1 fully saturated rings. The van der Waals surface area contributed by atoms with Crippen LogP contribution in [0.2, 0.25) is 10.0 Å². The number of hydrogen-bond donors (Lipinski definition) is 1. The van der Waals surface area contributed by atoms with E-state index in [1.165, 1.54) is 4.90 Å². The van der Waals surface area contributed by atoms with E-state index < -0.39 is 9.84 Å². The first-order valence-electron chi connectivity index (χ1n) is 6.94. The van der Waals surface area contributed by atoms with Crippen molar-refractivity contribution in [3.05, 3.63) is 28.2 Å². The van der Waals surface area contributed by atoms with E-state index in [0.29, 0.717) is 28.7 Å². The van der Waals surface area contributed by atoms with E-state index in [2.05, 4.69) is 5.32 Å². The van der Waals surface area contributed by atoms with Crippen LogP contribution in [-0.2, 0) is 14.6 Å². The van der Waals surface area contributed by atoms with Crippen molar-refractivity contribution in [1.29, 1.82) is 0 Å². The summed E-state index contributed by atoms with van der Waals surface area (Å²) < 4.78 is 22.9. The topological polar surface area (TPSA) is 66.5 Å². The van der Waals surface area contributed by atoms with Gasteiger partial charge in [0.15, 0.2) is 9.84 Å². The van der Waals surface area contributed by atoms with Crippen molar-refractivity contribution in [1.82, 2.24) is 4.90 Å². The average molecular weight is 365 g/mol. The Morgan fingerprint density at radius 2 is 2.00 bits per heavy atom. The molecular formula is C14H18Cl2N2O3S. The molecule has 2 rings (SSSR count). The van der Waals surface area contributed by atoms with E-state index in [1.807, 2.05) is 0 Å². The van der Waals surface area contributed by atoms with Crippen LogP contribution in [0, 0.1) is 0 Å². The minimum absolute atomic E-state index is 0.0546.